The molecule has 11 heteroatoms. The molecule has 2 aromatic rings. The van der Waals surface area contributed by atoms with Gasteiger partial charge in [0, 0.05) is 6.07 Å². The first-order valence-electron chi connectivity index (χ1n) is 5.76. The molecule has 0 N–H and O–H groups in total. The van der Waals surface area contributed by atoms with Gasteiger partial charge in [-0.2, -0.15) is 8.78 Å². The largest absolute Gasteiger partial charge is 0.639 e. The number of benzene rings is 2. The summed E-state index contributed by atoms with van der Waals surface area (Å²) in [6, 6.07) is -0.0582. The van der Waals surface area contributed by atoms with E-state index in [-0.39, 0.29) is 6.07 Å². The lowest BCUT2D eigenvalue weighted by atomic mass is 9.78. The van der Waals surface area contributed by atoms with Crippen LogP contribution in [0.15, 0.2) is 6.07 Å². The Kier molecular flexibility index (Phi) is 3.38. The van der Waals surface area contributed by atoms with E-state index in [0.717, 1.165) is 0 Å². The number of halogens is 8. The van der Waals surface area contributed by atoms with Crippen LogP contribution in [0.1, 0.15) is 0 Å². The first-order valence-corrected chi connectivity index (χ1v) is 5.76. The molecule has 0 unspecified atom stereocenters. The van der Waals surface area contributed by atoms with E-state index >= 15 is 0 Å². The summed E-state index contributed by atoms with van der Waals surface area (Å²) >= 11 is 0. The molecule has 3 rings (SSSR count). The van der Waals surface area contributed by atoms with Crippen LogP contribution in [0.3, 0.4) is 0 Å². The highest BCUT2D eigenvalue weighted by Crippen LogP contribution is 2.41. The van der Waals surface area contributed by atoms with E-state index in [1.807, 2.05) is 0 Å². The quantitative estimate of drug-likeness (QED) is 0.344. The van der Waals surface area contributed by atoms with Gasteiger partial charge in [0.2, 0.25) is 23.3 Å². The van der Waals surface area contributed by atoms with E-state index < -0.39 is 70.6 Å². The highest BCUT2D eigenvalue weighted by Gasteiger charge is 2.45. The molecule has 120 valence electrons. The molecule has 1 heterocycles. The van der Waals surface area contributed by atoms with Crippen molar-refractivity contribution in [3.05, 3.63) is 52.6 Å². The Labute approximate surface area is 122 Å². The van der Waals surface area contributed by atoms with Gasteiger partial charge in [0.05, 0.1) is 5.46 Å². The summed E-state index contributed by atoms with van der Waals surface area (Å²) in [6.45, 7) is 0. The monoisotopic (exact) mass is 340 g/mol. The Balaban J connectivity index is 2.13. The fourth-order valence-corrected chi connectivity index (χ4v) is 1.95. The average Bonchev–Trinajstić information content (AvgIpc) is 2.93. The van der Waals surface area contributed by atoms with Crippen LogP contribution in [0, 0.1) is 46.5 Å². The number of fused-ring (bicyclic) bond motifs is 1. The van der Waals surface area contributed by atoms with E-state index in [9.17, 15) is 35.1 Å². The smallest absolute Gasteiger partial charge is 0.517 e. The van der Waals surface area contributed by atoms with Gasteiger partial charge in [-0.1, -0.05) is 0 Å². The molecule has 1 aliphatic heterocycles. The van der Waals surface area contributed by atoms with Crippen molar-refractivity contribution in [3.63, 3.8) is 0 Å². The third-order valence-corrected chi connectivity index (χ3v) is 3.02. The topological polar surface area (TPSA) is 18.5 Å². The second-order valence-electron chi connectivity index (χ2n) is 4.36. The first kappa shape index (κ1) is 15.4. The second-order valence-corrected chi connectivity index (χ2v) is 4.36. The van der Waals surface area contributed by atoms with E-state index in [4.69, 9.17) is 0 Å². The van der Waals surface area contributed by atoms with Crippen molar-refractivity contribution in [2.45, 2.75) is 0 Å². The highest BCUT2D eigenvalue weighted by atomic mass is 19.2. The molecule has 2 nitrogen and oxygen atoms in total. The Morgan fingerprint density at radius 3 is 1.52 bits per heavy atom. The number of hydrogen-bond donors (Lipinski definition) is 0. The van der Waals surface area contributed by atoms with Gasteiger partial charge in [-0.05, 0) is 0 Å². The van der Waals surface area contributed by atoms with E-state index in [1.165, 1.54) is 0 Å². The third-order valence-electron chi connectivity index (χ3n) is 3.02. The maximum Gasteiger partial charge on any atom is 0.639 e. The van der Waals surface area contributed by atoms with Crippen LogP contribution < -0.4 is 14.8 Å². The van der Waals surface area contributed by atoms with Crippen LogP contribution in [-0.4, -0.2) is 7.12 Å². The summed E-state index contributed by atoms with van der Waals surface area (Å²) in [6.07, 6.45) is 0. The minimum atomic E-state index is -2.31. The highest BCUT2D eigenvalue weighted by molar-refractivity contribution is 6.63. The zero-order valence-corrected chi connectivity index (χ0v) is 10.5. The lowest BCUT2D eigenvalue weighted by Gasteiger charge is -2.08. The molecule has 2 aromatic carbocycles. The lowest BCUT2D eigenvalue weighted by Crippen LogP contribution is -2.44. The molecule has 0 saturated heterocycles. The summed E-state index contributed by atoms with van der Waals surface area (Å²) in [4.78, 5) is 0. The molecule has 0 amide bonds. The van der Waals surface area contributed by atoms with Gasteiger partial charge in [-0.15, -0.1) is 0 Å². The van der Waals surface area contributed by atoms with Crippen LogP contribution in [0.5, 0.6) is 11.5 Å². The molecule has 0 bridgehead atoms. The fraction of sp³-hybridized carbons (Fsp3) is 0. The van der Waals surface area contributed by atoms with Crippen molar-refractivity contribution in [2.75, 3.05) is 0 Å². The Morgan fingerprint density at radius 1 is 0.565 bits per heavy atom. The van der Waals surface area contributed by atoms with Gasteiger partial charge in [0.1, 0.15) is 5.82 Å². The van der Waals surface area contributed by atoms with Crippen molar-refractivity contribution in [1.82, 2.24) is 0 Å². The van der Waals surface area contributed by atoms with Crippen LogP contribution in [0.25, 0.3) is 0 Å². The average molecular weight is 340 g/mol. The van der Waals surface area contributed by atoms with Crippen molar-refractivity contribution >= 4 is 12.6 Å². The normalized spacial score (nSPS) is 13.0. The van der Waals surface area contributed by atoms with E-state index in [1.54, 1.807) is 0 Å². The molecule has 0 spiro atoms. The maximum atomic E-state index is 13.6. The molecule has 0 aliphatic carbocycles. The van der Waals surface area contributed by atoms with Crippen LogP contribution in [-0.2, 0) is 0 Å². The Hall–Kier alpha value is -2.46. The zero-order valence-electron chi connectivity index (χ0n) is 10.5. The van der Waals surface area contributed by atoms with E-state index in [2.05, 4.69) is 9.31 Å². The molecule has 23 heavy (non-hydrogen) atoms. The van der Waals surface area contributed by atoms with Crippen molar-refractivity contribution in [2.24, 2.45) is 0 Å². The molecule has 0 saturated carbocycles. The molecular formula is C12HBF8O2. The third kappa shape index (κ3) is 2.10. The summed E-state index contributed by atoms with van der Waals surface area (Å²) in [5.41, 5.74) is -1.36. The Bertz CT molecular complexity index is 804. The predicted molar refractivity (Wildman–Crippen MR) is 59.2 cm³/mol. The molecule has 0 radical (unpaired) electrons. The Morgan fingerprint density at radius 2 is 1.04 bits per heavy atom. The molecule has 0 aromatic heterocycles. The van der Waals surface area contributed by atoms with Crippen LogP contribution in [0.2, 0.25) is 0 Å². The zero-order chi connectivity index (χ0) is 17.0. The summed E-state index contributed by atoms with van der Waals surface area (Å²) < 4.78 is 115. The number of hydrogen-bond acceptors (Lipinski definition) is 2. The van der Waals surface area contributed by atoms with E-state index in [0.29, 0.717) is 0 Å². The summed E-state index contributed by atoms with van der Waals surface area (Å²) in [5, 5.41) is 0. The van der Waals surface area contributed by atoms with Crippen LogP contribution >= 0.6 is 0 Å². The van der Waals surface area contributed by atoms with Gasteiger partial charge in [0.25, 0.3) is 0 Å². The van der Waals surface area contributed by atoms with Crippen molar-refractivity contribution in [1.29, 1.82) is 0 Å². The molecule has 0 fully saturated rings. The predicted octanol–water partition coefficient (Wildman–Crippen LogP) is 2.97. The summed E-state index contributed by atoms with van der Waals surface area (Å²) in [7, 11) is -2.31. The first-order chi connectivity index (χ1) is 10.7. The fourth-order valence-electron chi connectivity index (χ4n) is 1.95. The number of rotatable bonds is 1. The minimum Gasteiger partial charge on any atom is -0.517 e. The van der Waals surface area contributed by atoms with Gasteiger partial charge in [0.15, 0.2) is 29.0 Å². The van der Waals surface area contributed by atoms with Gasteiger partial charge < -0.3 is 9.31 Å². The summed E-state index contributed by atoms with van der Waals surface area (Å²) in [5.74, 6) is -18.8. The van der Waals surface area contributed by atoms with Gasteiger partial charge in [-0.3, -0.25) is 0 Å². The van der Waals surface area contributed by atoms with Crippen molar-refractivity contribution < 1.29 is 44.4 Å². The molecular weight excluding hydrogens is 339 g/mol. The van der Waals surface area contributed by atoms with Gasteiger partial charge in [-0.25, -0.2) is 26.3 Å². The SMILES string of the molecule is Fc1cc(F)c(B2Oc3c(F)c(F)c(F)c(F)c3O2)c(F)c1F. The molecule has 1 aliphatic rings. The second kappa shape index (κ2) is 5.03. The lowest BCUT2D eigenvalue weighted by molar-refractivity contribution is 0.388. The van der Waals surface area contributed by atoms with Crippen LogP contribution in [0.4, 0.5) is 35.1 Å². The maximum absolute atomic E-state index is 13.6. The minimum absolute atomic E-state index is 0.0582. The molecule has 0 atom stereocenters. The standard InChI is InChI=1S/C12HBF8O2/c14-2-1-3(15)5(16)6(17)4(2)13-22-11-9(20)7(18)8(19)10(21)12(11)23-13/h1H. The van der Waals surface area contributed by atoms with Crippen molar-refractivity contribution in [3.8, 4) is 11.5 Å². The van der Waals surface area contributed by atoms with Gasteiger partial charge >= 0.3 is 7.12 Å².